The van der Waals surface area contributed by atoms with Crippen LogP contribution in [-0.4, -0.2) is 41.6 Å². The summed E-state index contributed by atoms with van der Waals surface area (Å²) in [5.74, 6) is 3.43. The molecule has 0 amide bonds. The molecular formula is C12H18N2OS. The Bertz CT molecular complexity index is 325. The third kappa shape index (κ3) is 3.39. The van der Waals surface area contributed by atoms with Gasteiger partial charge in [0.25, 0.3) is 0 Å². The maximum absolute atomic E-state index is 5.21. The van der Waals surface area contributed by atoms with Crippen molar-refractivity contribution >= 4 is 11.8 Å². The zero-order valence-electron chi connectivity index (χ0n) is 9.69. The summed E-state index contributed by atoms with van der Waals surface area (Å²) in [4.78, 5) is 6.86. The Morgan fingerprint density at radius 2 is 2.38 bits per heavy atom. The first-order chi connectivity index (χ1) is 7.88. The molecule has 2 rings (SSSR count). The minimum Gasteiger partial charge on any atom is -0.497 e. The third-order valence-electron chi connectivity index (χ3n) is 2.72. The van der Waals surface area contributed by atoms with E-state index in [2.05, 4.69) is 21.6 Å². The van der Waals surface area contributed by atoms with Gasteiger partial charge < -0.3 is 4.74 Å². The Kier molecular flexibility index (Phi) is 4.48. The van der Waals surface area contributed by atoms with Gasteiger partial charge in [-0.3, -0.25) is 9.88 Å². The molecule has 1 aliphatic heterocycles. The molecule has 0 aliphatic carbocycles. The molecule has 0 N–H and O–H groups in total. The second-order valence-electron chi connectivity index (χ2n) is 3.93. The first-order valence-corrected chi connectivity index (χ1v) is 6.83. The Morgan fingerprint density at radius 3 is 3.25 bits per heavy atom. The minimum absolute atomic E-state index is 0.897. The van der Waals surface area contributed by atoms with Gasteiger partial charge in [0.15, 0.2) is 0 Å². The maximum Gasteiger partial charge on any atom is 0.122 e. The van der Waals surface area contributed by atoms with Crippen molar-refractivity contribution < 1.29 is 4.74 Å². The highest BCUT2D eigenvalue weighted by Gasteiger charge is 2.10. The molecule has 0 radical (unpaired) electrons. The van der Waals surface area contributed by atoms with Gasteiger partial charge in [-0.1, -0.05) is 0 Å². The number of nitrogens with zero attached hydrogens (tertiary/aromatic N) is 2. The Balaban J connectivity index is 1.96. The van der Waals surface area contributed by atoms with E-state index in [1.165, 1.54) is 31.0 Å². The van der Waals surface area contributed by atoms with Gasteiger partial charge in [-0.15, -0.1) is 0 Å². The molecule has 0 saturated carbocycles. The fraction of sp³-hybridized carbons (Fsp3) is 0.583. The van der Waals surface area contributed by atoms with Gasteiger partial charge in [0.1, 0.15) is 5.75 Å². The molecule has 16 heavy (non-hydrogen) atoms. The van der Waals surface area contributed by atoms with Crippen molar-refractivity contribution in [3.05, 3.63) is 24.0 Å². The van der Waals surface area contributed by atoms with E-state index in [1.54, 1.807) is 7.11 Å². The fourth-order valence-electron chi connectivity index (χ4n) is 1.85. The maximum atomic E-state index is 5.21. The van der Waals surface area contributed by atoms with E-state index in [4.69, 9.17) is 4.74 Å². The smallest absolute Gasteiger partial charge is 0.122 e. The van der Waals surface area contributed by atoms with E-state index in [1.807, 2.05) is 18.3 Å². The van der Waals surface area contributed by atoms with Gasteiger partial charge in [0, 0.05) is 31.1 Å². The number of hydrogen-bond donors (Lipinski definition) is 0. The zero-order chi connectivity index (χ0) is 11.2. The molecule has 4 heteroatoms. The second kappa shape index (κ2) is 6.11. The van der Waals surface area contributed by atoms with Crippen LogP contribution in [0.5, 0.6) is 5.75 Å². The number of hydrogen-bond acceptors (Lipinski definition) is 4. The van der Waals surface area contributed by atoms with E-state index in [0.717, 1.165) is 18.0 Å². The van der Waals surface area contributed by atoms with E-state index >= 15 is 0 Å². The second-order valence-corrected chi connectivity index (χ2v) is 5.15. The molecule has 1 aromatic heterocycles. The fourth-order valence-corrected chi connectivity index (χ4v) is 2.78. The topological polar surface area (TPSA) is 25.4 Å². The highest BCUT2D eigenvalue weighted by molar-refractivity contribution is 7.99. The number of methoxy groups -OCH3 is 1. The van der Waals surface area contributed by atoms with Gasteiger partial charge in [-0.05, 0) is 24.8 Å². The molecule has 1 saturated heterocycles. The van der Waals surface area contributed by atoms with Crippen molar-refractivity contribution in [2.75, 3.05) is 31.7 Å². The molecule has 0 aromatic carbocycles. The lowest BCUT2D eigenvalue weighted by Crippen LogP contribution is -2.25. The molecule has 0 spiro atoms. The van der Waals surface area contributed by atoms with Crippen LogP contribution in [0.3, 0.4) is 0 Å². The Labute approximate surface area is 101 Å². The lowest BCUT2D eigenvalue weighted by atomic mass is 10.3. The SMILES string of the molecule is COc1ccnc(CN2CCCSCC2)c1. The van der Waals surface area contributed by atoms with Crippen molar-refractivity contribution in [1.82, 2.24) is 9.88 Å². The molecule has 0 unspecified atom stereocenters. The predicted molar refractivity (Wildman–Crippen MR) is 68.0 cm³/mol. The molecule has 1 aliphatic rings. The summed E-state index contributed by atoms with van der Waals surface area (Å²) in [5, 5.41) is 0. The lowest BCUT2D eigenvalue weighted by molar-refractivity contribution is 0.283. The van der Waals surface area contributed by atoms with Crippen LogP contribution in [0.25, 0.3) is 0 Å². The summed E-state index contributed by atoms with van der Waals surface area (Å²) in [6.45, 7) is 3.30. The standard InChI is InChI=1S/C12H18N2OS/c1-15-12-3-4-13-11(9-12)10-14-5-2-7-16-8-6-14/h3-4,9H,2,5-8,10H2,1H3. The van der Waals surface area contributed by atoms with Crippen LogP contribution in [-0.2, 0) is 6.54 Å². The van der Waals surface area contributed by atoms with Gasteiger partial charge in [-0.25, -0.2) is 0 Å². The van der Waals surface area contributed by atoms with Crippen molar-refractivity contribution in [2.45, 2.75) is 13.0 Å². The molecule has 2 heterocycles. The van der Waals surface area contributed by atoms with Crippen LogP contribution in [0, 0.1) is 0 Å². The number of aromatic nitrogens is 1. The van der Waals surface area contributed by atoms with E-state index < -0.39 is 0 Å². The Morgan fingerprint density at radius 1 is 1.44 bits per heavy atom. The number of pyridine rings is 1. The highest BCUT2D eigenvalue weighted by atomic mass is 32.2. The van der Waals surface area contributed by atoms with Crippen molar-refractivity contribution in [3.63, 3.8) is 0 Å². The highest BCUT2D eigenvalue weighted by Crippen LogP contribution is 2.15. The van der Waals surface area contributed by atoms with Crippen LogP contribution < -0.4 is 4.74 Å². The van der Waals surface area contributed by atoms with Gasteiger partial charge in [0.05, 0.1) is 12.8 Å². The van der Waals surface area contributed by atoms with E-state index in [9.17, 15) is 0 Å². The summed E-state index contributed by atoms with van der Waals surface area (Å²) in [6.07, 6.45) is 3.11. The average molecular weight is 238 g/mol. The number of thioether (sulfide) groups is 1. The zero-order valence-corrected chi connectivity index (χ0v) is 10.5. The van der Waals surface area contributed by atoms with Crippen molar-refractivity contribution in [1.29, 1.82) is 0 Å². The summed E-state index contributed by atoms with van der Waals surface area (Å²) >= 11 is 2.05. The molecule has 1 aromatic rings. The van der Waals surface area contributed by atoms with Gasteiger partial charge >= 0.3 is 0 Å². The quantitative estimate of drug-likeness (QED) is 0.804. The van der Waals surface area contributed by atoms with Gasteiger partial charge in [0.2, 0.25) is 0 Å². The third-order valence-corrected chi connectivity index (χ3v) is 3.77. The molecule has 1 fully saturated rings. The van der Waals surface area contributed by atoms with Crippen LogP contribution in [0.4, 0.5) is 0 Å². The summed E-state index contributed by atoms with van der Waals surface area (Å²) < 4.78 is 5.21. The molecular weight excluding hydrogens is 220 g/mol. The lowest BCUT2D eigenvalue weighted by Gasteiger charge is -2.18. The largest absolute Gasteiger partial charge is 0.497 e. The van der Waals surface area contributed by atoms with Crippen molar-refractivity contribution in [2.24, 2.45) is 0 Å². The first-order valence-electron chi connectivity index (χ1n) is 5.67. The molecule has 3 nitrogen and oxygen atoms in total. The Hall–Kier alpha value is -0.740. The van der Waals surface area contributed by atoms with Crippen molar-refractivity contribution in [3.8, 4) is 5.75 Å². The predicted octanol–water partition coefficient (Wildman–Crippen LogP) is 2.03. The summed E-state index contributed by atoms with van der Waals surface area (Å²) in [7, 11) is 1.70. The van der Waals surface area contributed by atoms with Crippen LogP contribution in [0.15, 0.2) is 18.3 Å². The van der Waals surface area contributed by atoms with Crippen LogP contribution in [0.1, 0.15) is 12.1 Å². The first kappa shape index (κ1) is 11.7. The molecule has 88 valence electrons. The molecule has 0 atom stereocenters. The number of ether oxygens (including phenoxy) is 1. The molecule has 0 bridgehead atoms. The van der Waals surface area contributed by atoms with E-state index in [-0.39, 0.29) is 0 Å². The monoisotopic (exact) mass is 238 g/mol. The average Bonchev–Trinajstić information content (AvgIpc) is 2.58. The minimum atomic E-state index is 0.897. The normalized spacial score (nSPS) is 18.1. The van der Waals surface area contributed by atoms with E-state index in [0.29, 0.717) is 0 Å². The number of rotatable bonds is 3. The van der Waals surface area contributed by atoms with Gasteiger partial charge in [-0.2, -0.15) is 11.8 Å². The summed E-state index contributed by atoms with van der Waals surface area (Å²) in [6, 6.07) is 3.92. The van der Waals surface area contributed by atoms with Crippen LogP contribution in [0.2, 0.25) is 0 Å². The summed E-state index contributed by atoms with van der Waals surface area (Å²) in [5.41, 5.74) is 1.10. The van der Waals surface area contributed by atoms with Crippen LogP contribution >= 0.6 is 11.8 Å².